The Kier molecular flexibility index (Phi) is 3.32. The molecule has 0 radical (unpaired) electrons. The van der Waals surface area contributed by atoms with Gasteiger partial charge in [-0.2, -0.15) is 0 Å². The molecule has 0 bridgehead atoms. The molecular weight excluding hydrogens is 254 g/mol. The van der Waals surface area contributed by atoms with E-state index in [1.807, 2.05) is 0 Å². The van der Waals surface area contributed by atoms with Crippen LogP contribution < -0.4 is 4.90 Å². The van der Waals surface area contributed by atoms with Crippen LogP contribution in [0.5, 0.6) is 0 Å². The minimum atomic E-state index is 0.514. The minimum Gasteiger partial charge on any atom is -0.375 e. The summed E-state index contributed by atoms with van der Waals surface area (Å²) < 4.78 is 6.76. The van der Waals surface area contributed by atoms with E-state index in [0.717, 1.165) is 17.6 Å². The lowest BCUT2D eigenvalue weighted by Gasteiger charge is -2.28. The van der Waals surface area contributed by atoms with Gasteiger partial charge in [0.1, 0.15) is 0 Å². The molecule has 1 heterocycles. The van der Waals surface area contributed by atoms with Crippen molar-refractivity contribution in [2.45, 2.75) is 26.5 Å². The van der Waals surface area contributed by atoms with E-state index >= 15 is 0 Å². The first-order valence-corrected chi connectivity index (χ1v) is 6.11. The van der Waals surface area contributed by atoms with Gasteiger partial charge < -0.3 is 9.64 Å². The summed E-state index contributed by atoms with van der Waals surface area (Å²) in [5.41, 5.74) is 2.57. The smallest absolute Gasteiger partial charge is 0.0749 e. The molecule has 0 unspecified atom stereocenters. The van der Waals surface area contributed by atoms with E-state index in [1.165, 1.54) is 11.3 Å². The molecule has 0 saturated heterocycles. The zero-order valence-corrected chi connectivity index (χ0v) is 10.8. The minimum absolute atomic E-state index is 0.514. The molecular formula is C12H16BrNO. The Morgan fingerprint density at radius 1 is 1.40 bits per heavy atom. The molecule has 0 aliphatic carbocycles. The number of anilines is 1. The quantitative estimate of drug-likeness (QED) is 0.777. The molecule has 15 heavy (non-hydrogen) atoms. The molecule has 0 spiro atoms. The van der Waals surface area contributed by atoms with Crippen LogP contribution in [-0.4, -0.2) is 19.2 Å². The van der Waals surface area contributed by atoms with Crippen molar-refractivity contribution >= 4 is 21.6 Å². The van der Waals surface area contributed by atoms with Gasteiger partial charge in [0.05, 0.1) is 13.2 Å². The standard InChI is InChI=1S/C12H16BrNO/c1-9(2)14-6-7-15-8-10-11(13)4-3-5-12(10)14/h3-5,9H,6-8H2,1-2H3. The molecule has 0 amide bonds. The van der Waals surface area contributed by atoms with E-state index in [9.17, 15) is 0 Å². The predicted molar refractivity (Wildman–Crippen MR) is 66.3 cm³/mol. The number of ether oxygens (including phenoxy) is 1. The van der Waals surface area contributed by atoms with Crippen LogP contribution >= 0.6 is 15.9 Å². The molecule has 0 atom stereocenters. The summed E-state index contributed by atoms with van der Waals surface area (Å²) >= 11 is 3.59. The maximum absolute atomic E-state index is 5.61. The van der Waals surface area contributed by atoms with Crippen molar-refractivity contribution in [3.63, 3.8) is 0 Å². The Balaban J connectivity index is 2.45. The molecule has 0 saturated carbocycles. The molecule has 0 fully saturated rings. The summed E-state index contributed by atoms with van der Waals surface area (Å²) in [7, 11) is 0. The van der Waals surface area contributed by atoms with E-state index in [-0.39, 0.29) is 0 Å². The van der Waals surface area contributed by atoms with Gasteiger partial charge in [0.2, 0.25) is 0 Å². The van der Waals surface area contributed by atoms with Gasteiger partial charge in [0.15, 0.2) is 0 Å². The molecule has 1 aliphatic rings. The Labute approximate surface area is 99.4 Å². The van der Waals surface area contributed by atoms with Crippen LogP contribution in [0.4, 0.5) is 5.69 Å². The summed E-state index contributed by atoms with van der Waals surface area (Å²) in [6, 6.07) is 6.85. The van der Waals surface area contributed by atoms with Crippen molar-refractivity contribution in [3.8, 4) is 0 Å². The second-order valence-electron chi connectivity index (χ2n) is 4.08. The van der Waals surface area contributed by atoms with Crippen molar-refractivity contribution < 1.29 is 4.74 Å². The topological polar surface area (TPSA) is 12.5 Å². The fraction of sp³-hybridized carbons (Fsp3) is 0.500. The summed E-state index contributed by atoms with van der Waals surface area (Å²) in [4.78, 5) is 2.40. The lowest BCUT2D eigenvalue weighted by molar-refractivity contribution is 0.131. The van der Waals surface area contributed by atoms with Crippen LogP contribution in [0.1, 0.15) is 19.4 Å². The van der Waals surface area contributed by atoms with Gasteiger partial charge in [-0.25, -0.2) is 0 Å². The molecule has 1 aliphatic heterocycles. The molecule has 3 heteroatoms. The molecule has 0 N–H and O–H groups in total. The first kappa shape index (κ1) is 11.0. The lowest BCUT2D eigenvalue weighted by atomic mass is 10.1. The highest BCUT2D eigenvalue weighted by atomic mass is 79.9. The summed E-state index contributed by atoms with van der Waals surface area (Å²) in [5.74, 6) is 0. The molecule has 1 aromatic carbocycles. The van der Waals surface area contributed by atoms with Gasteiger partial charge in [-0.1, -0.05) is 22.0 Å². The Morgan fingerprint density at radius 2 is 2.20 bits per heavy atom. The van der Waals surface area contributed by atoms with Crippen LogP contribution in [0.3, 0.4) is 0 Å². The van der Waals surface area contributed by atoms with Crippen LogP contribution in [0.15, 0.2) is 22.7 Å². The molecule has 2 rings (SSSR count). The summed E-state index contributed by atoms with van der Waals surface area (Å²) in [6.07, 6.45) is 0. The Morgan fingerprint density at radius 3 is 2.93 bits per heavy atom. The maximum Gasteiger partial charge on any atom is 0.0749 e. The van der Waals surface area contributed by atoms with E-state index in [2.05, 4.69) is 52.9 Å². The fourth-order valence-corrected chi connectivity index (χ4v) is 2.42. The van der Waals surface area contributed by atoms with Gasteiger partial charge in [0, 0.05) is 28.3 Å². The SMILES string of the molecule is CC(C)N1CCOCc2c(Br)cccc21. The number of halogens is 1. The van der Waals surface area contributed by atoms with Crippen LogP contribution in [-0.2, 0) is 11.3 Å². The highest BCUT2D eigenvalue weighted by Crippen LogP contribution is 2.31. The van der Waals surface area contributed by atoms with Gasteiger partial charge in [-0.15, -0.1) is 0 Å². The third-order valence-electron chi connectivity index (χ3n) is 2.75. The highest BCUT2D eigenvalue weighted by molar-refractivity contribution is 9.10. The normalized spacial score (nSPS) is 16.4. The summed E-state index contributed by atoms with van der Waals surface area (Å²) in [5, 5.41) is 0. The third kappa shape index (κ3) is 2.18. The average Bonchev–Trinajstić information content (AvgIpc) is 2.40. The monoisotopic (exact) mass is 269 g/mol. The number of nitrogens with zero attached hydrogens (tertiary/aromatic N) is 1. The molecule has 1 aromatic rings. The number of hydrogen-bond acceptors (Lipinski definition) is 2. The van der Waals surface area contributed by atoms with Crippen LogP contribution in [0, 0.1) is 0 Å². The van der Waals surface area contributed by atoms with Crippen LogP contribution in [0.25, 0.3) is 0 Å². The van der Waals surface area contributed by atoms with Crippen molar-refractivity contribution in [2.75, 3.05) is 18.1 Å². The second-order valence-corrected chi connectivity index (χ2v) is 4.93. The van der Waals surface area contributed by atoms with E-state index < -0.39 is 0 Å². The van der Waals surface area contributed by atoms with Crippen molar-refractivity contribution in [3.05, 3.63) is 28.2 Å². The fourth-order valence-electron chi connectivity index (χ4n) is 1.95. The molecule has 2 nitrogen and oxygen atoms in total. The van der Waals surface area contributed by atoms with Crippen molar-refractivity contribution in [1.29, 1.82) is 0 Å². The first-order chi connectivity index (χ1) is 7.20. The lowest BCUT2D eigenvalue weighted by Crippen LogP contribution is -2.33. The van der Waals surface area contributed by atoms with Gasteiger partial charge >= 0.3 is 0 Å². The highest BCUT2D eigenvalue weighted by Gasteiger charge is 2.19. The number of hydrogen-bond donors (Lipinski definition) is 0. The van der Waals surface area contributed by atoms with Gasteiger partial charge in [-0.05, 0) is 26.0 Å². The third-order valence-corrected chi connectivity index (χ3v) is 3.49. The number of benzene rings is 1. The van der Waals surface area contributed by atoms with Crippen molar-refractivity contribution in [1.82, 2.24) is 0 Å². The first-order valence-electron chi connectivity index (χ1n) is 5.32. The maximum atomic E-state index is 5.61. The van der Waals surface area contributed by atoms with Crippen LogP contribution in [0.2, 0.25) is 0 Å². The largest absolute Gasteiger partial charge is 0.375 e. The number of rotatable bonds is 1. The van der Waals surface area contributed by atoms with E-state index in [1.54, 1.807) is 0 Å². The zero-order chi connectivity index (χ0) is 10.8. The van der Waals surface area contributed by atoms with Gasteiger partial charge in [0.25, 0.3) is 0 Å². The van der Waals surface area contributed by atoms with E-state index in [4.69, 9.17) is 4.74 Å². The Bertz CT molecular complexity index is 351. The average molecular weight is 270 g/mol. The summed E-state index contributed by atoms with van der Waals surface area (Å²) in [6.45, 7) is 6.92. The Hall–Kier alpha value is -0.540. The van der Waals surface area contributed by atoms with Crippen molar-refractivity contribution in [2.24, 2.45) is 0 Å². The van der Waals surface area contributed by atoms with Gasteiger partial charge in [-0.3, -0.25) is 0 Å². The van der Waals surface area contributed by atoms with E-state index in [0.29, 0.717) is 12.6 Å². The zero-order valence-electron chi connectivity index (χ0n) is 9.16. The molecule has 0 aromatic heterocycles. The predicted octanol–water partition coefficient (Wildman–Crippen LogP) is 3.19. The molecule has 82 valence electrons. The second kappa shape index (κ2) is 4.54. The number of fused-ring (bicyclic) bond motifs is 1.